The molecule has 0 aliphatic carbocycles. The first-order valence-corrected chi connectivity index (χ1v) is 7.43. The second-order valence-electron chi connectivity index (χ2n) is 6.49. The van der Waals surface area contributed by atoms with E-state index in [1.807, 2.05) is 0 Å². The molecule has 1 N–H and O–H groups in total. The number of hydrogen-bond donors (Lipinski definition) is 1. The van der Waals surface area contributed by atoms with Crippen LogP contribution in [0.25, 0.3) is 0 Å². The molecule has 3 heteroatoms. The fourth-order valence-electron chi connectivity index (χ4n) is 3.91. The van der Waals surface area contributed by atoms with Gasteiger partial charge in [-0.05, 0) is 51.2 Å². The Morgan fingerprint density at radius 2 is 2.06 bits per heavy atom. The van der Waals surface area contributed by atoms with E-state index >= 15 is 0 Å². The van der Waals surface area contributed by atoms with Crippen LogP contribution in [0.1, 0.15) is 26.7 Å². The van der Waals surface area contributed by atoms with Crippen molar-refractivity contribution in [3.63, 3.8) is 0 Å². The smallest absolute Gasteiger partial charge is 0.0224 e. The average molecular weight is 237 g/mol. The van der Waals surface area contributed by atoms with Gasteiger partial charge in [0.25, 0.3) is 0 Å². The molecule has 17 heavy (non-hydrogen) atoms. The van der Waals surface area contributed by atoms with E-state index in [1.54, 1.807) is 0 Å². The Morgan fingerprint density at radius 1 is 1.18 bits per heavy atom. The molecule has 3 heterocycles. The zero-order chi connectivity index (χ0) is 11.8. The Bertz CT molecular complexity index is 268. The van der Waals surface area contributed by atoms with Gasteiger partial charge >= 0.3 is 0 Å². The zero-order valence-corrected chi connectivity index (χ0v) is 11.4. The summed E-state index contributed by atoms with van der Waals surface area (Å²) in [6.45, 7) is 12.6. The highest BCUT2D eigenvalue weighted by Crippen LogP contribution is 2.26. The maximum Gasteiger partial charge on any atom is 0.0224 e. The molecule has 4 unspecified atom stereocenters. The Hall–Kier alpha value is -0.120. The van der Waals surface area contributed by atoms with Crippen LogP contribution < -0.4 is 5.32 Å². The maximum absolute atomic E-state index is 3.54. The lowest BCUT2D eigenvalue weighted by atomic mass is 9.96. The second-order valence-corrected chi connectivity index (χ2v) is 6.49. The molecule has 3 nitrogen and oxygen atoms in total. The van der Waals surface area contributed by atoms with E-state index < -0.39 is 0 Å². The molecule has 0 spiro atoms. The lowest BCUT2D eigenvalue weighted by Gasteiger charge is -2.43. The number of hydrogen-bond acceptors (Lipinski definition) is 3. The first kappa shape index (κ1) is 11.9. The highest BCUT2D eigenvalue weighted by molar-refractivity contribution is 4.92. The fourth-order valence-corrected chi connectivity index (χ4v) is 3.91. The van der Waals surface area contributed by atoms with Crippen molar-refractivity contribution in [1.29, 1.82) is 0 Å². The van der Waals surface area contributed by atoms with Crippen LogP contribution in [0, 0.1) is 11.8 Å². The van der Waals surface area contributed by atoms with Gasteiger partial charge in [-0.15, -0.1) is 0 Å². The SMILES string of the molecule is CC1CNCC1CN1CC2CCCN2CC1C. The molecule has 3 fully saturated rings. The molecule has 0 saturated carbocycles. The summed E-state index contributed by atoms with van der Waals surface area (Å²) in [5, 5.41) is 3.54. The van der Waals surface area contributed by atoms with Crippen molar-refractivity contribution in [2.45, 2.75) is 38.8 Å². The van der Waals surface area contributed by atoms with Gasteiger partial charge in [-0.3, -0.25) is 9.80 Å². The van der Waals surface area contributed by atoms with E-state index in [1.165, 1.54) is 52.1 Å². The molecule has 3 aliphatic rings. The minimum atomic E-state index is 0.761. The van der Waals surface area contributed by atoms with E-state index in [-0.39, 0.29) is 0 Å². The largest absolute Gasteiger partial charge is 0.316 e. The topological polar surface area (TPSA) is 18.5 Å². The third-order valence-electron chi connectivity index (χ3n) is 5.21. The lowest BCUT2D eigenvalue weighted by Crippen LogP contribution is -2.56. The van der Waals surface area contributed by atoms with Crippen LogP contribution in [0.15, 0.2) is 0 Å². The summed E-state index contributed by atoms with van der Waals surface area (Å²) >= 11 is 0. The Labute approximate surface area is 106 Å². The summed E-state index contributed by atoms with van der Waals surface area (Å²) in [6, 6.07) is 1.63. The predicted molar refractivity (Wildman–Crippen MR) is 71.2 cm³/mol. The van der Waals surface area contributed by atoms with Gasteiger partial charge in [0.05, 0.1) is 0 Å². The summed E-state index contributed by atoms with van der Waals surface area (Å²) in [7, 11) is 0. The van der Waals surface area contributed by atoms with Crippen molar-refractivity contribution in [3.8, 4) is 0 Å². The monoisotopic (exact) mass is 237 g/mol. The molecule has 0 aromatic heterocycles. The zero-order valence-electron chi connectivity index (χ0n) is 11.4. The highest BCUT2D eigenvalue weighted by atomic mass is 15.3. The number of piperazine rings is 1. The van der Waals surface area contributed by atoms with Crippen LogP contribution in [0.3, 0.4) is 0 Å². The molecule has 3 aliphatic heterocycles. The van der Waals surface area contributed by atoms with Gasteiger partial charge in [-0.2, -0.15) is 0 Å². The molecule has 3 rings (SSSR count). The maximum atomic E-state index is 3.54. The van der Waals surface area contributed by atoms with Crippen molar-refractivity contribution in [2.24, 2.45) is 11.8 Å². The first-order chi connectivity index (χ1) is 8.24. The van der Waals surface area contributed by atoms with Gasteiger partial charge < -0.3 is 5.32 Å². The molecular weight excluding hydrogens is 210 g/mol. The van der Waals surface area contributed by atoms with Gasteiger partial charge in [0.2, 0.25) is 0 Å². The molecule has 0 radical (unpaired) electrons. The Balaban J connectivity index is 1.59. The summed E-state index contributed by atoms with van der Waals surface area (Å²) in [5.41, 5.74) is 0. The van der Waals surface area contributed by atoms with Gasteiger partial charge in [-0.25, -0.2) is 0 Å². The number of nitrogens with zero attached hydrogens (tertiary/aromatic N) is 2. The first-order valence-electron chi connectivity index (χ1n) is 7.43. The van der Waals surface area contributed by atoms with Crippen LogP contribution in [0.5, 0.6) is 0 Å². The van der Waals surface area contributed by atoms with Gasteiger partial charge in [0.1, 0.15) is 0 Å². The van der Waals surface area contributed by atoms with E-state index in [9.17, 15) is 0 Å². The Kier molecular flexibility index (Phi) is 3.42. The van der Waals surface area contributed by atoms with Crippen LogP contribution in [-0.2, 0) is 0 Å². The van der Waals surface area contributed by atoms with Crippen molar-refractivity contribution >= 4 is 0 Å². The number of nitrogens with one attached hydrogen (secondary N) is 1. The molecule has 4 atom stereocenters. The van der Waals surface area contributed by atoms with Gasteiger partial charge in [-0.1, -0.05) is 6.92 Å². The quantitative estimate of drug-likeness (QED) is 0.773. The fraction of sp³-hybridized carbons (Fsp3) is 1.00. The number of rotatable bonds is 2. The average Bonchev–Trinajstić information content (AvgIpc) is 2.89. The van der Waals surface area contributed by atoms with Crippen molar-refractivity contribution in [2.75, 3.05) is 39.3 Å². The molecular formula is C14H27N3. The molecule has 98 valence electrons. The van der Waals surface area contributed by atoms with Crippen LogP contribution in [-0.4, -0.2) is 61.2 Å². The van der Waals surface area contributed by atoms with Crippen molar-refractivity contribution < 1.29 is 0 Å². The summed E-state index contributed by atoms with van der Waals surface area (Å²) in [4.78, 5) is 5.48. The second kappa shape index (κ2) is 4.87. The van der Waals surface area contributed by atoms with Crippen LogP contribution in [0.2, 0.25) is 0 Å². The normalized spacial score (nSPS) is 44.1. The highest BCUT2D eigenvalue weighted by Gasteiger charge is 2.36. The minimum absolute atomic E-state index is 0.761. The van der Waals surface area contributed by atoms with E-state index in [0.29, 0.717) is 0 Å². The minimum Gasteiger partial charge on any atom is -0.316 e. The van der Waals surface area contributed by atoms with Crippen LogP contribution >= 0.6 is 0 Å². The molecule has 0 aromatic carbocycles. The van der Waals surface area contributed by atoms with Gasteiger partial charge in [0, 0.05) is 31.7 Å². The molecule has 0 bridgehead atoms. The van der Waals surface area contributed by atoms with E-state index in [0.717, 1.165) is 23.9 Å². The summed E-state index contributed by atoms with van der Waals surface area (Å²) in [5.74, 6) is 1.74. The lowest BCUT2D eigenvalue weighted by molar-refractivity contribution is 0.0461. The molecule has 0 aromatic rings. The third-order valence-corrected chi connectivity index (χ3v) is 5.21. The summed E-state index contributed by atoms with van der Waals surface area (Å²) < 4.78 is 0. The molecule has 3 saturated heterocycles. The van der Waals surface area contributed by atoms with Gasteiger partial charge in [0.15, 0.2) is 0 Å². The predicted octanol–water partition coefficient (Wildman–Crippen LogP) is 1.01. The van der Waals surface area contributed by atoms with Crippen molar-refractivity contribution in [3.05, 3.63) is 0 Å². The van der Waals surface area contributed by atoms with Crippen molar-refractivity contribution in [1.82, 2.24) is 15.1 Å². The van der Waals surface area contributed by atoms with E-state index in [2.05, 4.69) is 29.0 Å². The van der Waals surface area contributed by atoms with E-state index in [4.69, 9.17) is 0 Å². The standard InChI is InChI=1S/C14H27N3/c1-11-6-15-7-13(11)9-17-10-14-4-3-5-16(14)8-12(17)2/h11-15H,3-10H2,1-2H3. The van der Waals surface area contributed by atoms with Crippen LogP contribution in [0.4, 0.5) is 0 Å². The number of fused-ring (bicyclic) bond motifs is 1. The third kappa shape index (κ3) is 2.38. The molecule has 0 amide bonds. The Morgan fingerprint density at radius 3 is 2.82 bits per heavy atom. The summed E-state index contributed by atoms with van der Waals surface area (Å²) in [6.07, 6.45) is 2.86.